The summed E-state index contributed by atoms with van der Waals surface area (Å²) in [6.07, 6.45) is 2.09. The molecule has 1 atom stereocenters. The van der Waals surface area contributed by atoms with Crippen LogP contribution in [-0.4, -0.2) is 28.1 Å². The summed E-state index contributed by atoms with van der Waals surface area (Å²) in [4.78, 5) is 16.3. The molecule has 3 rings (SSSR count). The Balaban J connectivity index is 1.69. The fourth-order valence-electron chi connectivity index (χ4n) is 2.15. The summed E-state index contributed by atoms with van der Waals surface area (Å²) in [5.41, 5.74) is 0.0402. The third kappa shape index (κ3) is 2.62. The van der Waals surface area contributed by atoms with Crippen LogP contribution >= 0.6 is 11.3 Å². The highest BCUT2D eigenvalue weighted by Crippen LogP contribution is 2.39. The van der Waals surface area contributed by atoms with Crippen molar-refractivity contribution in [3.63, 3.8) is 0 Å². The number of rotatable bonds is 4. The van der Waals surface area contributed by atoms with Gasteiger partial charge < -0.3 is 10.4 Å². The molecule has 1 aromatic carbocycles. The van der Waals surface area contributed by atoms with Gasteiger partial charge in [0, 0.05) is 6.54 Å². The van der Waals surface area contributed by atoms with Gasteiger partial charge in [0.05, 0.1) is 15.8 Å². The van der Waals surface area contributed by atoms with Gasteiger partial charge in [-0.25, -0.2) is 4.98 Å². The summed E-state index contributed by atoms with van der Waals surface area (Å²) in [5, 5.41) is 13.4. The Hall–Kier alpha value is -1.46. The molecule has 1 heterocycles. The number of nitrogens with one attached hydrogen (secondary N) is 1. The van der Waals surface area contributed by atoms with E-state index in [0.29, 0.717) is 10.9 Å². The fourth-order valence-corrected chi connectivity index (χ4v) is 3.04. The van der Waals surface area contributed by atoms with E-state index < -0.39 is 5.60 Å². The van der Waals surface area contributed by atoms with Crippen LogP contribution in [0.25, 0.3) is 10.2 Å². The molecule has 1 aliphatic carbocycles. The van der Waals surface area contributed by atoms with Crippen LogP contribution in [0.4, 0.5) is 0 Å². The number of nitrogens with zero attached hydrogens (tertiary/aromatic N) is 1. The number of benzene rings is 1. The quantitative estimate of drug-likeness (QED) is 0.899. The van der Waals surface area contributed by atoms with Gasteiger partial charge in [-0.05, 0) is 37.8 Å². The summed E-state index contributed by atoms with van der Waals surface area (Å²) >= 11 is 1.38. The number of carbonyl (C=O) groups excluding carboxylic acids is 1. The minimum Gasteiger partial charge on any atom is -0.388 e. The predicted molar refractivity (Wildman–Crippen MR) is 75.3 cm³/mol. The van der Waals surface area contributed by atoms with E-state index in [1.807, 2.05) is 24.3 Å². The Bertz CT molecular complexity index is 584. The lowest BCUT2D eigenvalue weighted by Gasteiger charge is -2.22. The van der Waals surface area contributed by atoms with Crippen LogP contribution in [0, 0.1) is 5.92 Å². The van der Waals surface area contributed by atoms with Crippen LogP contribution in [0.5, 0.6) is 0 Å². The number of hydrogen-bond acceptors (Lipinski definition) is 4. The molecule has 0 aliphatic heterocycles. The number of aromatic nitrogens is 1. The molecule has 4 nitrogen and oxygen atoms in total. The number of hydrogen-bond donors (Lipinski definition) is 2. The van der Waals surface area contributed by atoms with E-state index in [9.17, 15) is 9.90 Å². The Labute approximate surface area is 115 Å². The standard InChI is InChI=1S/C14H16N2O2S/c1-14(18,9-6-7-9)8-15-12(17)13-16-10-4-2-3-5-11(10)19-13/h2-5,9,18H,6-8H2,1H3,(H,15,17). The molecule has 1 amide bonds. The monoisotopic (exact) mass is 276 g/mol. The molecule has 2 N–H and O–H groups in total. The molecule has 1 aliphatic rings. The van der Waals surface area contributed by atoms with Crippen molar-refractivity contribution in [3.8, 4) is 0 Å². The van der Waals surface area contributed by atoms with Crippen molar-refractivity contribution in [2.75, 3.05) is 6.54 Å². The molecule has 19 heavy (non-hydrogen) atoms. The first kappa shape index (κ1) is 12.6. The van der Waals surface area contributed by atoms with Gasteiger partial charge in [-0.15, -0.1) is 11.3 Å². The first-order valence-corrected chi connectivity index (χ1v) is 7.24. The van der Waals surface area contributed by atoms with E-state index in [1.54, 1.807) is 6.92 Å². The van der Waals surface area contributed by atoms with Gasteiger partial charge in [-0.1, -0.05) is 12.1 Å². The third-order valence-corrected chi connectivity index (χ3v) is 4.59. The van der Waals surface area contributed by atoms with Crippen molar-refractivity contribution in [2.45, 2.75) is 25.4 Å². The highest BCUT2D eigenvalue weighted by atomic mass is 32.1. The van der Waals surface area contributed by atoms with Gasteiger partial charge in [0.1, 0.15) is 0 Å². The normalized spacial score (nSPS) is 18.2. The summed E-state index contributed by atoms with van der Waals surface area (Å²) in [5.74, 6) is 0.116. The van der Waals surface area contributed by atoms with E-state index in [0.717, 1.165) is 23.1 Å². The number of carbonyl (C=O) groups is 1. The number of para-hydroxylation sites is 1. The molecule has 0 bridgehead atoms. The lowest BCUT2D eigenvalue weighted by atomic mass is 10.0. The number of amides is 1. The molecular formula is C14H16N2O2S. The molecule has 0 spiro atoms. The first-order chi connectivity index (χ1) is 9.06. The van der Waals surface area contributed by atoms with Gasteiger partial charge in [0.2, 0.25) is 0 Å². The summed E-state index contributed by atoms with van der Waals surface area (Å²) in [6, 6.07) is 7.68. The third-order valence-electron chi connectivity index (χ3n) is 3.55. The number of aliphatic hydroxyl groups is 1. The Morgan fingerprint density at radius 3 is 2.95 bits per heavy atom. The Morgan fingerprint density at radius 1 is 1.53 bits per heavy atom. The van der Waals surface area contributed by atoms with Crippen molar-refractivity contribution in [1.82, 2.24) is 10.3 Å². The zero-order valence-electron chi connectivity index (χ0n) is 10.7. The van der Waals surface area contributed by atoms with E-state index >= 15 is 0 Å². The maximum atomic E-state index is 12.0. The minimum absolute atomic E-state index is 0.206. The van der Waals surface area contributed by atoms with Crippen LogP contribution in [0.3, 0.4) is 0 Å². The second-order valence-corrected chi connectivity index (χ2v) is 6.33. The summed E-state index contributed by atoms with van der Waals surface area (Å²) in [7, 11) is 0. The van der Waals surface area contributed by atoms with E-state index in [2.05, 4.69) is 10.3 Å². The average Bonchev–Trinajstić information content (AvgIpc) is 3.16. The zero-order chi connectivity index (χ0) is 13.5. The second-order valence-electron chi connectivity index (χ2n) is 5.30. The topological polar surface area (TPSA) is 62.2 Å². The highest BCUT2D eigenvalue weighted by Gasteiger charge is 2.40. The van der Waals surface area contributed by atoms with Crippen molar-refractivity contribution < 1.29 is 9.90 Å². The van der Waals surface area contributed by atoms with Crippen LogP contribution in [-0.2, 0) is 0 Å². The van der Waals surface area contributed by atoms with Gasteiger partial charge in [0.15, 0.2) is 5.01 Å². The summed E-state index contributed by atoms with van der Waals surface area (Å²) < 4.78 is 1.00. The molecule has 5 heteroatoms. The summed E-state index contributed by atoms with van der Waals surface area (Å²) in [6.45, 7) is 2.07. The second kappa shape index (κ2) is 4.58. The predicted octanol–water partition coefficient (Wildman–Crippen LogP) is 2.19. The Kier molecular flexibility index (Phi) is 3.03. The molecule has 1 saturated carbocycles. The van der Waals surface area contributed by atoms with Crippen molar-refractivity contribution >= 4 is 27.5 Å². The van der Waals surface area contributed by atoms with Crippen LogP contribution in [0.2, 0.25) is 0 Å². The smallest absolute Gasteiger partial charge is 0.280 e. The highest BCUT2D eigenvalue weighted by molar-refractivity contribution is 7.20. The molecule has 0 saturated heterocycles. The molecular weight excluding hydrogens is 260 g/mol. The van der Waals surface area contributed by atoms with Gasteiger partial charge in [-0.2, -0.15) is 0 Å². The molecule has 0 radical (unpaired) electrons. The minimum atomic E-state index is -0.799. The van der Waals surface area contributed by atoms with E-state index in [-0.39, 0.29) is 12.5 Å². The van der Waals surface area contributed by atoms with Crippen LogP contribution in [0.1, 0.15) is 29.6 Å². The van der Waals surface area contributed by atoms with E-state index in [4.69, 9.17) is 0 Å². The van der Waals surface area contributed by atoms with Crippen molar-refractivity contribution in [2.24, 2.45) is 5.92 Å². The number of thiazole rings is 1. The Morgan fingerprint density at radius 2 is 2.26 bits per heavy atom. The lowest BCUT2D eigenvalue weighted by molar-refractivity contribution is 0.0354. The van der Waals surface area contributed by atoms with E-state index in [1.165, 1.54) is 11.3 Å². The lowest BCUT2D eigenvalue weighted by Crippen LogP contribution is -2.42. The maximum Gasteiger partial charge on any atom is 0.280 e. The maximum absolute atomic E-state index is 12.0. The SMILES string of the molecule is CC(O)(CNC(=O)c1nc2ccccc2s1)C1CC1. The largest absolute Gasteiger partial charge is 0.388 e. The zero-order valence-corrected chi connectivity index (χ0v) is 11.5. The van der Waals surface area contributed by atoms with Gasteiger partial charge in [-0.3, -0.25) is 4.79 Å². The van der Waals surface area contributed by atoms with Crippen LogP contribution in [0.15, 0.2) is 24.3 Å². The molecule has 1 aromatic heterocycles. The van der Waals surface area contributed by atoms with Crippen molar-refractivity contribution in [3.05, 3.63) is 29.3 Å². The van der Waals surface area contributed by atoms with Crippen molar-refractivity contribution in [1.29, 1.82) is 0 Å². The molecule has 1 fully saturated rings. The van der Waals surface area contributed by atoms with Crippen LogP contribution < -0.4 is 5.32 Å². The van der Waals surface area contributed by atoms with Gasteiger partial charge in [0.25, 0.3) is 5.91 Å². The molecule has 100 valence electrons. The molecule has 2 aromatic rings. The first-order valence-electron chi connectivity index (χ1n) is 6.42. The average molecular weight is 276 g/mol. The van der Waals surface area contributed by atoms with Gasteiger partial charge >= 0.3 is 0 Å². The molecule has 1 unspecified atom stereocenters. The fraction of sp³-hybridized carbons (Fsp3) is 0.429. The number of fused-ring (bicyclic) bond motifs is 1.